The van der Waals surface area contributed by atoms with E-state index in [4.69, 9.17) is 9.47 Å². The molecule has 2 N–H and O–H groups in total. The van der Waals surface area contributed by atoms with Crippen LogP contribution in [-0.2, 0) is 0 Å². The number of halogens is 2. The number of carbonyl (C=O) groups is 2. The van der Waals surface area contributed by atoms with Crippen LogP contribution in [0.2, 0.25) is 0 Å². The monoisotopic (exact) mass is 442 g/mol. The van der Waals surface area contributed by atoms with Gasteiger partial charge in [-0.3, -0.25) is 9.59 Å². The number of nitrogens with one attached hydrogen (secondary N) is 2. The van der Waals surface area contributed by atoms with Crippen LogP contribution in [0.15, 0.2) is 66.7 Å². The van der Waals surface area contributed by atoms with Gasteiger partial charge in [0.25, 0.3) is 11.8 Å². The predicted molar refractivity (Wildman–Crippen MR) is 115 cm³/mol. The Bertz CT molecular complexity index is 1090. The van der Waals surface area contributed by atoms with E-state index >= 15 is 0 Å². The summed E-state index contributed by atoms with van der Waals surface area (Å²) in [6.07, 6.45) is 0. The normalized spacial score (nSPS) is 10.4. The van der Waals surface area contributed by atoms with Gasteiger partial charge in [0, 0.05) is 22.5 Å². The van der Waals surface area contributed by atoms with Gasteiger partial charge in [0.2, 0.25) is 0 Å². The Balaban J connectivity index is 1.65. The minimum absolute atomic E-state index is 0.0778. The van der Waals surface area contributed by atoms with Crippen LogP contribution < -0.4 is 24.8 Å². The number of amides is 2. The van der Waals surface area contributed by atoms with Crippen molar-refractivity contribution in [3.8, 4) is 17.2 Å². The maximum absolute atomic E-state index is 12.6. The number of ether oxygens (including phenoxy) is 3. The van der Waals surface area contributed by atoms with Crippen molar-refractivity contribution in [2.24, 2.45) is 0 Å². The number of alkyl halides is 2. The highest BCUT2D eigenvalue weighted by Gasteiger charge is 2.15. The maximum Gasteiger partial charge on any atom is 0.387 e. The molecule has 7 nitrogen and oxygen atoms in total. The van der Waals surface area contributed by atoms with Crippen molar-refractivity contribution in [1.82, 2.24) is 0 Å². The largest absolute Gasteiger partial charge is 0.497 e. The van der Waals surface area contributed by atoms with E-state index in [1.165, 1.54) is 19.2 Å². The molecular formula is C23H20F2N2O5. The van der Waals surface area contributed by atoms with Crippen molar-refractivity contribution >= 4 is 23.2 Å². The molecule has 0 bridgehead atoms. The molecule has 0 aliphatic rings. The van der Waals surface area contributed by atoms with Gasteiger partial charge in [-0.15, -0.1) is 0 Å². The van der Waals surface area contributed by atoms with Crippen LogP contribution in [0.1, 0.15) is 20.7 Å². The van der Waals surface area contributed by atoms with Crippen LogP contribution in [0.3, 0.4) is 0 Å². The van der Waals surface area contributed by atoms with E-state index in [1.807, 2.05) is 0 Å². The molecule has 166 valence electrons. The molecule has 0 heterocycles. The Hall–Kier alpha value is -4.14. The first-order valence-corrected chi connectivity index (χ1v) is 9.39. The van der Waals surface area contributed by atoms with Gasteiger partial charge in [-0.2, -0.15) is 8.78 Å². The zero-order valence-corrected chi connectivity index (χ0v) is 17.2. The lowest BCUT2D eigenvalue weighted by atomic mass is 10.1. The van der Waals surface area contributed by atoms with E-state index in [0.29, 0.717) is 22.7 Å². The number of anilines is 2. The topological polar surface area (TPSA) is 85.9 Å². The quantitative estimate of drug-likeness (QED) is 0.523. The standard InChI is InChI=1S/C23H20F2N2O5/c1-30-18-10-8-17(9-11-18)26-21(28)14-3-6-16(7-4-14)27-22(29)15-5-12-19(31-2)20(13-15)32-23(24)25/h3-13,23H,1-2H3,(H,26,28)(H,27,29). The molecular weight excluding hydrogens is 422 g/mol. The van der Waals surface area contributed by atoms with Gasteiger partial charge >= 0.3 is 6.61 Å². The summed E-state index contributed by atoms with van der Waals surface area (Å²) in [6.45, 7) is -3.06. The van der Waals surface area contributed by atoms with E-state index in [0.717, 1.165) is 6.07 Å². The summed E-state index contributed by atoms with van der Waals surface area (Å²) in [5.41, 5.74) is 1.51. The first-order chi connectivity index (χ1) is 15.4. The van der Waals surface area contributed by atoms with Gasteiger partial charge in [0.05, 0.1) is 14.2 Å². The minimum atomic E-state index is -3.06. The van der Waals surface area contributed by atoms with Gasteiger partial charge in [-0.1, -0.05) is 0 Å². The van der Waals surface area contributed by atoms with E-state index < -0.39 is 12.5 Å². The molecule has 3 aromatic carbocycles. The van der Waals surface area contributed by atoms with Crippen molar-refractivity contribution in [3.63, 3.8) is 0 Å². The molecule has 0 unspecified atom stereocenters. The molecule has 2 amide bonds. The molecule has 0 aromatic heterocycles. The number of methoxy groups -OCH3 is 2. The molecule has 3 aromatic rings. The molecule has 0 fully saturated rings. The summed E-state index contributed by atoms with van der Waals surface area (Å²) in [4.78, 5) is 24.9. The average Bonchev–Trinajstić information content (AvgIpc) is 2.79. The van der Waals surface area contributed by atoms with Crippen LogP contribution in [0, 0.1) is 0 Å². The van der Waals surface area contributed by atoms with Gasteiger partial charge in [-0.25, -0.2) is 0 Å². The summed E-state index contributed by atoms with van der Waals surface area (Å²) in [5.74, 6) is -0.359. The minimum Gasteiger partial charge on any atom is -0.497 e. The third-order valence-corrected chi connectivity index (χ3v) is 4.39. The highest BCUT2D eigenvalue weighted by molar-refractivity contribution is 6.06. The Morgan fingerprint density at radius 1 is 0.719 bits per heavy atom. The maximum atomic E-state index is 12.6. The van der Waals surface area contributed by atoms with E-state index in [2.05, 4.69) is 15.4 Å². The smallest absolute Gasteiger partial charge is 0.387 e. The molecule has 0 aliphatic heterocycles. The Kier molecular flexibility index (Phi) is 7.22. The summed E-state index contributed by atoms with van der Waals surface area (Å²) in [5, 5.41) is 5.40. The summed E-state index contributed by atoms with van der Waals surface area (Å²) in [6, 6.07) is 17.0. The average molecular weight is 442 g/mol. The van der Waals surface area contributed by atoms with Gasteiger partial charge in [0.1, 0.15) is 5.75 Å². The van der Waals surface area contributed by atoms with Crippen LogP contribution in [0.5, 0.6) is 17.2 Å². The Morgan fingerprint density at radius 2 is 1.25 bits per heavy atom. The van der Waals surface area contributed by atoms with Crippen molar-refractivity contribution in [1.29, 1.82) is 0 Å². The number of hydrogen-bond donors (Lipinski definition) is 2. The Morgan fingerprint density at radius 3 is 1.78 bits per heavy atom. The number of hydrogen-bond acceptors (Lipinski definition) is 5. The van der Waals surface area contributed by atoms with Crippen molar-refractivity contribution in [3.05, 3.63) is 77.9 Å². The lowest BCUT2D eigenvalue weighted by molar-refractivity contribution is -0.0512. The van der Waals surface area contributed by atoms with Crippen molar-refractivity contribution in [2.75, 3.05) is 24.9 Å². The van der Waals surface area contributed by atoms with Crippen molar-refractivity contribution < 1.29 is 32.6 Å². The highest BCUT2D eigenvalue weighted by Crippen LogP contribution is 2.30. The van der Waals surface area contributed by atoms with E-state index in [9.17, 15) is 18.4 Å². The second kappa shape index (κ2) is 10.3. The fourth-order valence-electron chi connectivity index (χ4n) is 2.79. The zero-order chi connectivity index (χ0) is 23.1. The van der Waals surface area contributed by atoms with Crippen LogP contribution in [-0.4, -0.2) is 32.6 Å². The number of rotatable bonds is 8. The number of carbonyl (C=O) groups excluding carboxylic acids is 2. The van der Waals surface area contributed by atoms with Gasteiger partial charge < -0.3 is 24.8 Å². The SMILES string of the molecule is COc1ccc(NC(=O)c2ccc(NC(=O)c3ccc(OC)c(OC(F)F)c3)cc2)cc1. The predicted octanol–water partition coefficient (Wildman–Crippen LogP) is 4.81. The lowest BCUT2D eigenvalue weighted by Gasteiger charge is -2.12. The van der Waals surface area contributed by atoms with Gasteiger partial charge in [0.15, 0.2) is 11.5 Å². The molecule has 0 saturated carbocycles. The lowest BCUT2D eigenvalue weighted by Crippen LogP contribution is -2.14. The van der Waals surface area contributed by atoms with Crippen LogP contribution in [0.4, 0.5) is 20.2 Å². The van der Waals surface area contributed by atoms with Crippen molar-refractivity contribution in [2.45, 2.75) is 6.61 Å². The number of benzene rings is 3. The second-order valence-corrected chi connectivity index (χ2v) is 6.46. The van der Waals surface area contributed by atoms with Gasteiger partial charge in [-0.05, 0) is 66.7 Å². The highest BCUT2D eigenvalue weighted by atomic mass is 19.3. The molecule has 9 heteroatoms. The summed E-state index contributed by atoms with van der Waals surface area (Å²) in [7, 11) is 2.86. The Labute approximate surface area is 182 Å². The van der Waals surface area contributed by atoms with E-state index in [-0.39, 0.29) is 23.0 Å². The fourth-order valence-corrected chi connectivity index (χ4v) is 2.79. The van der Waals surface area contributed by atoms with Crippen LogP contribution >= 0.6 is 0 Å². The molecule has 0 atom stereocenters. The molecule has 32 heavy (non-hydrogen) atoms. The van der Waals surface area contributed by atoms with E-state index in [1.54, 1.807) is 55.6 Å². The third-order valence-electron chi connectivity index (χ3n) is 4.39. The van der Waals surface area contributed by atoms with Crippen LogP contribution in [0.25, 0.3) is 0 Å². The molecule has 0 saturated heterocycles. The third kappa shape index (κ3) is 5.72. The molecule has 0 radical (unpaired) electrons. The molecule has 0 spiro atoms. The molecule has 3 rings (SSSR count). The molecule has 0 aliphatic carbocycles. The summed E-state index contributed by atoms with van der Waals surface area (Å²) >= 11 is 0. The second-order valence-electron chi connectivity index (χ2n) is 6.46. The summed E-state index contributed by atoms with van der Waals surface area (Å²) < 4.78 is 39.6. The zero-order valence-electron chi connectivity index (χ0n) is 17.2. The fraction of sp³-hybridized carbons (Fsp3) is 0.130. The first kappa shape index (κ1) is 22.5. The first-order valence-electron chi connectivity index (χ1n) is 9.39.